The predicted molar refractivity (Wildman–Crippen MR) is 126 cm³/mol. The normalized spacial score (nSPS) is 10.9. The number of hydrogen-bond donors (Lipinski definition) is 2. The number of amides is 1. The maximum Gasteiger partial charge on any atom is 0.261 e. The van der Waals surface area contributed by atoms with Crippen molar-refractivity contribution in [2.45, 2.75) is 11.4 Å². The zero-order chi connectivity index (χ0) is 23.8. The van der Waals surface area contributed by atoms with E-state index >= 15 is 0 Å². The van der Waals surface area contributed by atoms with E-state index in [0.717, 1.165) is 11.3 Å². The average molecular weight is 491 g/mol. The van der Waals surface area contributed by atoms with Crippen LogP contribution in [0.15, 0.2) is 71.6 Å². The highest BCUT2D eigenvalue weighted by atomic mass is 35.5. The molecular formula is C23H23ClN2O6S. The zero-order valence-electron chi connectivity index (χ0n) is 18.0. The van der Waals surface area contributed by atoms with Gasteiger partial charge in [-0.25, -0.2) is 8.42 Å². The molecule has 0 bridgehead atoms. The monoisotopic (exact) mass is 490 g/mol. The molecule has 0 aliphatic rings. The van der Waals surface area contributed by atoms with Crippen LogP contribution in [-0.4, -0.2) is 35.2 Å². The smallest absolute Gasteiger partial charge is 0.261 e. The van der Waals surface area contributed by atoms with E-state index in [1.807, 2.05) is 24.3 Å². The molecule has 0 heterocycles. The standard InChI is InChI=1S/C23H23ClN2O6S/c1-30-18-6-3-16(4-7-18)14-25-23(27)15-32-19-8-10-20(11-9-19)33(28,29)26-17-5-12-22(31-2)21(24)13-17/h3-13,26H,14-15H2,1-2H3,(H,25,27). The van der Waals surface area contributed by atoms with Gasteiger partial charge in [0.2, 0.25) is 0 Å². The van der Waals surface area contributed by atoms with Crippen molar-refractivity contribution < 1.29 is 27.4 Å². The molecule has 10 heteroatoms. The van der Waals surface area contributed by atoms with Gasteiger partial charge < -0.3 is 19.5 Å². The Balaban J connectivity index is 1.52. The number of carbonyl (C=O) groups excluding carboxylic acids is 1. The van der Waals surface area contributed by atoms with Crippen molar-refractivity contribution in [1.82, 2.24) is 5.32 Å². The lowest BCUT2D eigenvalue weighted by Crippen LogP contribution is -2.28. The molecule has 174 valence electrons. The molecule has 3 aromatic rings. The molecule has 0 atom stereocenters. The summed E-state index contributed by atoms with van der Waals surface area (Å²) in [7, 11) is -0.777. The minimum atomic E-state index is -3.84. The van der Waals surface area contributed by atoms with Crippen molar-refractivity contribution in [3.05, 3.63) is 77.3 Å². The Morgan fingerprint density at radius 2 is 1.58 bits per heavy atom. The Morgan fingerprint density at radius 1 is 0.909 bits per heavy atom. The molecular weight excluding hydrogens is 468 g/mol. The first-order valence-corrected chi connectivity index (χ1v) is 11.7. The van der Waals surface area contributed by atoms with Gasteiger partial charge in [0, 0.05) is 6.54 Å². The van der Waals surface area contributed by atoms with Gasteiger partial charge in [-0.2, -0.15) is 0 Å². The number of anilines is 1. The van der Waals surface area contributed by atoms with Gasteiger partial charge in [-0.15, -0.1) is 0 Å². The summed E-state index contributed by atoms with van der Waals surface area (Å²) in [6, 6.07) is 17.6. The number of ether oxygens (including phenoxy) is 3. The van der Waals surface area contributed by atoms with E-state index in [1.54, 1.807) is 19.2 Å². The Morgan fingerprint density at radius 3 is 2.18 bits per heavy atom. The van der Waals surface area contributed by atoms with Gasteiger partial charge in [0.15, 0.2) is 6.61 Å². The number of benzene rings is 3. The Hall–Kier alpha value is -3.43. The van der Waals surface area contributed by atoms with Gasteiger partial charge in [0.05, 0.1) is 29.8 Å². The number of methoxy groups -OCH3 is 2. The average Bonchev–Trinajstić information content (AvgIpc) is 2.82. The van der Waals surface area contributed by atoms with Gasteiger partial charge in [-0.3, -0.25) is 9.52 Å². The largest absolute Gasteiger partial charge is 0.497 e. The molecule has 2 N–H and O–H groups in total. The van der Waals surface area contributed by atoms with Crippen LogP contribution < -0.4 is 24.2 Å². The summed E-state index contributed by atoms with van der Waals surface area (Å²) in [4.78, 5) is 12.1. The second kappa shape index (κ2) is 10.9. The lowest BCUT2D eigenvalue weighted by molar-refractivity contribution is -0.123. The van der Waals surface area contributed by atoms with Gasteiger partial charge in [-0.1, -0.05) is 23.7 Å². The van der Waals surface area contributed by atoms with Gasteiger partial charge in [0.25, 0.3) is 15.9 Å². The summed E-state index contributed by atoms with van der Waals surface area (Å²) >= 11 is 6.04. The molecule has 3 aromatic carbocycles. The minimum absolute atomic E-state index is 0.0331. The summed E-state index contributed by atoms with van der Waals surface area (Å²) in [6.07, 6.45) is 0. The van der Waals surface area contributed by atoms with Crippen LogP contribution in [0.1, 0.15) is 5.56 Å². The molecule has 0 fully saturated rings. The first-order chi connectivity index (χ1) is 15.8. The number of nitrogens with one attached hydrogen (secondary N) is 2. The molecule has 3 rings (SSSR count). The third-order valence-electron chi connectivity index (χ3n) is 4.56. The SMILES string of the molecule is COc1ccc(CNC(=O)COc2ccc(S(=O)(=O)Nc3ccc(OC)c(Cl)c3)cc2)cc1. The van der Waals surface area contributed by atoms with Gasteiger partial charge in [-0.05, 0) is 60.2 Å². The van der Waals surface area contributed by atoms with Crippen LogP contribution in [0.3, 0.4) is 0 Å². The maximum absolute atomic E-state index is 12.6. The second-order valence-electron chi connectivity index (χ2n) is 6.84. The highest BCUT2D eigenvalue weighted by Gasteiger charge is 2.15. The zero-order valence-corrected chi connectivity index (χ0v) is 19.6. The third-order valence-corrected chi connectivity index (χ3v) is 6.25. The van der Waals surface area contributed by atoms with Crippen LogP contribution >= 0.6 is 11.6 Å². The van der Waals surface area contributed by atoms with Crippen LogP contribution in [0.25, 0.3) is 0 Å². The van der Waals surface area contributed by atoms with Crippen molar-refractivity contribution in [3.8, 4) is 17.2 Å². The Bertz CT molecular complexity index is 1200. The van der Waals surface area contributed by atoms with E-state index in [9.17, 15) is 13.2 Å². The molecule has 0 aliphatic carbocycles. The molecule has 0 aromatic heterocycles. The van der Waals surface area contributed by atoms with Gasteiger partial charge in [0.1, 0.15) is 17.2 Å². The minimum Gasteiger partial charge on any atom is -0.497 e. The van der Waals surface area contributed by atoms with E-state index in [0.29, 0.717) is 23.7 Å². The fourth-order valence-corrected chi connectivity index (χ4v) is 4.11. The van der Waals surface area contributed by atoms with Crippen LogP contribution in [0.4, 0.5) is 5.69 Å². The molecule has 0 spiro atoms. The Labute approximate surface area is 197 Å². The van der Waals surface area contributed by atoms with E-state index < -0.39 is 10.0 Å². The molecule has 1 amide bonds. The second-order valence-corrected chi connectivity index (χ2v) is 8.93. The third kappa shape index (κ3) is 6.77. The first kappa shape index (κ1) is 24.2. The van der Waals surface area contributed by atoms with E-state index in [2.05, 4.69) is 10.0 Å². The lowest BCUT2D eigenvalue weighted by atomic mass is 10.2. The fourth-order valence-electron chi connectivity index (χ4n) is 2.80. The van der Waals surface area contributed by atoms with Gasteiger partial charge >= 0.3 is 0 Å². The summed E-state index contributed by atoms with van der Waals surface area (Å²) in [6.45, 7) is 0.148. The first-order valence-electron chi connectivity index (χ1n) is 9.79. The molecule has 8 nitrogen and oxygen atoms in total. The highest BCUT2D eigenvalue weighted by Crippen LogP contribution is 2.28. The number of sulfonamides is 1. The van der Waals surface area contributed by atoms with Crippen molar-refractivity contribution in [3.63, 3.8) is 0 Å². The maximum atomic E-state index is 12.6. The number of rotatable bonds is 10. The topological polar surface area (TPSA) is 103 Å². The number of hydrogen-bond acceptors (Lipinski definition) is 6. The summed E-state index contributed by atoms with van der Waals surface area (Å²) in [5.74, 6) is 1.23. The quantitative estimate of drug-likeness (QED) is 0.447. The number of carbonyl (C=O) groups is 1. The van der Waals surface area contributed by atoms with E-state index in [4.69, 9.17) is 25.8 Å². The lowest BCUT2D eigenvalue weighted by Gasteiger charge is -2.11. The van der Waals surface area contributed by atoms with E-state index in [1.165, 1.54) is 37.4 Å². The van der Waals surface area contributed by atoms with Crippen LogP contribution in [-0.2, 0) is 21.4 Å². The van der Waals surface area contributed by atoms with Crippen molar-refractivity contribution >= 4 is 33.2 Å². The van der Waals surface area contributed by atoms with Crippen molar-refractivity contribution in [2.75, 3.05) is 25.5 Å². The summed E-state index contributed by atoms with van der Waals surface area (Å²) in [5.41, 5.74) is 1.22. The number of halogens is 1. The predicted octanol–water partition coefficient (Wildman–Crippen LogP) is 3.85. The van der Waals surface area contributed by atoms with Crippen molar-refractivity contribution in [2.24, 2.45) is 0 Å². The Kier molecular flexibility index (Phi) is 8.02. The fraction of sp³-hybridized carbons (Fsp3) is 0.174. The molecule has 0 aliphatic heterocycles. The molecule has 0 saturated carbocycles. The van der Waals surface area contributed by atoms with Crippen LogP contribution in [0, 0.1) is 0 Å². The summed E-state index contributed by atoms with van der Waals surface area (Å²) in [5, 5.41) is 3.04. The van der Waals surface area contributed by atoms with Crippen molar-refractivity contribution in [1.29, 1.82) is 0 Å². The highest BCUT2D eigenvalue weighted by molar-refractivity contribution is 7.92. The van der Waals surface area contributed by atoms with E-state index in [-0.39, 0.29) is 22.4 Å². The summed E-state index contributed by atoms with van der Waals surface area (Å²) < 4.78 is 43.3. The van der Waals surface area contributed by atoms with Crippen LogP contribution in [0.5, 0.6) is 17.2 Å². The molecule has 0 saturated heterocycles. The van der Waals surface area contributed by atoms with Crippen LogP contribution in [0.2, 0.25) is 5.02 Å². The molecule has 0 radical (unpaired) electrons. The molecule has 33 heavy (non-hydrogen) atoms. The molecule has 0 unspecified atom stereocenters.